The van der Waals surface area contributed by atoms with Crippen molar-refractivity contribution in [1.82, 2.24) is 5.32 Å². The summed E-state index contributed by atoms with van der Waals surface area (Å²) in [6, 6.07) is 7.72. The predicted molar refractivity (Wildman–Crippen MR) is 96.6 cm³/mol. The van der Waals surface area contributed by atoms with Crippen LogP contribution in [0.25, 0.3) is 0 Å². The Morgan fingerprint density at radius 3 is 2.26 bits per heavy atom. The quantitative estimate of drug-likeness (QED) is 0.652. The number of benzene rings is 2. The molecule has 0 heterocycles. The van der Waals surface area contributed by atoms with Crippen LogP contribution in [0.3, 0.4) is 0 Å². The largest absolute Gasteiger partial charge is 0.417 e. The fourth-order valence-corrected chi connectivity index (χ4v) is 2.69. The van der Waals surface area contributed by atoms with Crippen molar-refractivity contribution < 1.29 is 22.8 Å². The van der Waals surface area contributed by atoms with Crippen molar-refractivity contribution in [2.75, 3.05) is 5.32 Å². The Balaban J connectivity index is 2.16. The number of amides is 3. The van der Waals surface area contributed by atoms with Gasteiger partial charge in [-0.1, -0.05) is 35.3 Å². The highest BCUT2D eigenvalue weighted by molar-refractivity contribution is 6.31. The molecule has 0 saturated carbocycles. The maximum atomic E-state index is 12.9. The van der Waals surface area contributed by atoms with E-state index in [2.05, 4.69) is 10.6 Å². The van der Waals surface area contributed by atoms with Gasteiger partial charge in [-0.05, 0) is 35.9 Å². The summed E-state index contributed by atoms with van der Waals surface area (Å²) in [5.74, 6) is -0.626. The first-order valence-electron chi connectivity index (χ1n) is 7.54. The number of nitrogens with one attached hydrogen (secondary N) is 2. The number of alkyl halides is 3. The van der Waals surface area contributed by atoms with Crippen LogP contribution in [0.4, 0.5) is 23.7 Å². The molecule has 0 aliphatic rings. The SMILES string of the molecule is NC(=O)NC(CC(=O)Nc1ccc(Cl)c(C(F)(F)F)c1)c1ccc(Cl)cc1. The zero-order chi connectivity index (χ0) is 20.2. The lowest BCUT2D eigenvalue weighted by Gasteiger charge is -2.18. The van der Waals surface area contributed by atoms with E-state index in [1.165, 1.54) is 6.07 Å². The molecule has 2 aromatic rings. The molecule has 4 N–H and O–H groups in total. The molecule has 10 heteroatoms. The van der Waals surface area contributed by atoms with E-state index >= 15 is 0 Å². The van der Waals surface area contributed by atoms with Crippen LogP contribution >= 0.6 is 23.2 Å². The second kappa shape index (κ2) is 8.49. The predicted octanol–water partition coefficient (Wildman–Crippen LogP) is 4.75. The summed E-state index contributed by atoms with van der Waals surface area (Å²) in [7, 11) is 0. The van der Waals surface area contributed by atoms with Gasteiger partial charge in [0.2, 0.25) is 5.91 Å². The van der Waals surface area contributed by atoms with Crippen molar-refractivity contribution >= 4 is 40.8 Å². The number of primary amides is 1. The Hall–Kier alpha value is -2.45. The van der Waals surface area contributed by atoms with E-state index in [1.807, 2.05) is 0 Å². The van der Waals surface area contributed by atoms with Crippen LogP contribution in [0, 0.1) is 0 Å². The van der Waals surface area contributed by atoms with E-state index in [0.29, 0.717) is 10.6 Å². The molecule has 5 nitrogen and oxygen atoms in total. The molecule has 0 aliphatic heterocycles. The molecule has 0 saturated heterocycles. The number of rotatable bonds is 5. The average molecular weight is 420 g/mol. The number of hydrogen-bond donors (Lipinski definition) is 3. The van der Waals surface area contributed by atoms with Crippen LogP contribution < -0.4 is 16.4 Å². The Morgan fingerprint density at radius 2 is 1.70 bits per heavy atom. The molecule has 3 amide bonds. The first kappa shape index (κ1) is 20.9. The minimum Gasteiger partial charge on any atom is -0.352 e. The minimum atomic E-state index is -4.66. The Bertz CT molecular complexity index is 842. The molecule has 2 rings (SSSR count). The van der Waals surface area contributed by atoms with Gasteiger partial charge in [0.25, 0.3) is 0 Å². The summed E-state index contributed by atoms with van der Waals surface area (Å²) in [4.78, 5) is 23.4. The second-order valence-corrected chi connectivity index (χ2v) is 6.40. The van der Waals surface area contributed by atoms with Gasteiger partial charge in [0.05, 0.1) is 23.0 Å². The number of carbonyl (C=O) groups is 2. The lowest BCUT2D eigenvalue weighted by molar-refractivity contribution is -0.137. The number of halogens is 5. The highest BCUT2D eigenvalue weighted by Crippen LogP contribution is 2.36. The summed E-state index contributed by atoms with van der Waals surface area (Å²) in [5, 5.41) is 4.74. The van der Waals surface area contributed by atoms with Gasteiger partial charge in [-0.25, -0.2) is 4.79 Å². The molecule has 1 atom stereocenters. The van der Waals surface area contributed by atoms with Crippen LogP contribution in [0.2, 0.25) is 10.0 Å². The van der Waals surface area contributed by atoms with Gasteiger partial charge in [0.1, 0.15) is 0 Å². The zero-order valence-corrected chi connectivity index (χ0v) is 15.1. The van der Waals surface area contributed by atoms with Crippen molar-refractivity contribution in [3.63, 3.8) is 0 Å². The van der Waals surface area contributed by atoms with E-state index < -0.39 is 34.7 Å². The molecular formula is C17H14Cl2F3N3O2. The van der Waals surface area contributed by atoms with Crippen molar-refractivity contribution in [3.8, 4) is 0 Å². The second-order valence-electron chi connectivity index (χ2n) is 5.56. The highest BCUT2D eigenvalue weighted by Gasteiger charge is 2.33. The van der Waals surface area contributed by atoms with Crippen LogP contribution in [0.15, 0.2) is 42.5 Å². The van der Waals surface area contributed by atoms with Gasteiger partial charge < -0.3 is 16.4 Å². The van der Waals surface area contributed by atoms with Crippen LogP contribution in [-0.2, 0) is 11.0 Å². The van der Waals surface area contributed by atoms with Crippen LogP contribution in [0.1, 0.15) is 23.6 Å². The topological polar surface area (TPSA) is 84.2 Å². The lowest BCUT2D eigenvalue weighted by atomic mass is 10.0. The fraction of sp³-hybridized carbons (Fsp3) is 0.176. The van der Waals surface area contributed by atoms with Gasteiger partial charge in [-0.3, -0.25) is 4.79 Å². The van der Waals surface area contributed by atoms with Crippen molar-refractivity contribution in [2.24, 2.45) is 5.73 Å². The normalized spacial score (nSPS) is 12.3. The summed E-state index contributed by atoms with van der Waals surface area (Å²) >= 11 is 11.4. The number of urea groups is 1. The van der Waals surface area contributed by atoms with Gasteiger partial charge in [-0.2, -0.15) is 13.2 Å². The summed E-state index contributed by atoms with van der Waals surface area (Å²) in [6.07, 6.45) is -4.91. The molecule has 0 aromatic heterocycles. The highest BCUT2D eigenvalue weighted by atomic mass is 35.5. The van der Waals surface area contributed by atoms with Crippen molar-refractivity contribution in [2.45, 2.75) is 18.6 Å². The number of anilines is 1. The third-order valence-electron chi connectivity index (χ3n) is 3.53. The number of nitrogens with two attached hydrogens (primary N) is 1. The van der Waals surface area contributed by atoms with E-state index in [1.54, 1.807) is 24.3 Å². The first-order chi connectivity index (χ1) is 12.6. The molecule has 0 bridgehead atoms. The lowest BCUT2D eigenvalue weighted by Crippen LogP contribution is -2.35. The number of carbonyl (C=O) groups excluding carboxylic acids is 2. The molecule has 144 valence electrons. The van der Waals surface area contributed by atoms with Crippen LogP contribution in [0.5, 0.6) is 0 Å². The maximum absolute atomic E-state index is 12.9. The van der Waals surface area contributed by atoms with Gasteiger partial charge >= 0.3 is 12.2 Å². The van der Waals surface area contributed by atoms with Crippen molar-refractivity contribution in [1.29, 1.82) is 0 Å². The monoisotopic (exact) mass is 419 g/mol. The molecule has 2 aromatic carbocycles. The molecule has 0 fully saturated rings. The van der Waals surface area contributed by atoms with Crippen molar-refractivity contribution in [3.05, 3.63) is 63.6 Å². The van der Waals surface area contributed by atoms with E-state index in [4.69, 9.17) is 28.9 Å². The first-order valence-corrected chi connectivity index (χ1v) is 8.30. The fourth-order valence-electron chi connectivity index (χ4n) is 2.34. The third kappa shape index (κ3) is 6.04. The zero-order valence-electron chi connectivity index (χ0n) is 13.6. The van der Waals surface area contributed by atoms with E-state index in [0.717, 1.165) is 12.1 Å². The average Bonchev–Trinajstić information content (AvgIpc) is 2.55. The van der Waals surface area contributed by atoms with Gasteiger partial charge in [-0.15, -0.1) is 0 Å². The standard InChI is InChI=1S/C17H14Cl2F3N3O2/c18-10-3-1-9(2-4-10)14(25-16(23)27)8-15(26)24-11-5-6-13(19)12(7-11)17(20,21)22/h1-7,14H,8H2,(H,24,26)(H3,23,25,27). The Morgan fingerprint density at radius 1 is 1.07 bits per heavy atom. The minimum absolute atomic E-state index is 0.0781. The van der Waals surface area contributed by atoms with E-state index in [-0.39, 0.29) is 12.1 Å². The van der Waals surface area contributed by atoms with Gasteiger partial charge in [0, 0.05) is 10.7 Å². The molecule has 0 aliphatic carbocycles. The molecule has 0 radical (unpaired) electrons. The molecule has 27 heavy (non-hydrogen) atoms. The van der Waals surface area contributed by atoms with E-state index in [9.17, 15) is 22.8 Å². The summed E-state index contributed by atoms with van der Waals surface area (Å²) in [5.41, 5.74) is 4.54. The molecule has 0 spiro atoms. The maximum Gasteiger partial charge on any atom is 0.417 e. The Labute approximate surface area is 162 Å². The molecular weight excluding hydrogens is 406 g/mol. The van der Waals surface area contributed by atoms with Crippen LogP contribution in [-0.4, -0.2) is 11.9 Å². The smallest absolute Gasteiger partial charge is 0.352 e. The summed E-state index contributed by atoms with van der Waals surface area (Å²) < 4.78 is 38.7. The number of hydrogen-bond acceptors (Lipinski definition) is 2. The third-order valence-corrected chi connectivity index (χ3v) is 4.12. The van der Waals surface area contributed by atoms with Gasteiger partial charge in [0.15, 0.2) is 0 Å². The summed E-state index contributed by atoms with van der Waals surface area (Å²) in [6.45, 7) is 0. The molecule has 1 unspecified atom stereocenters. The Kier molecular flexibility index (Phi) is 6.56.